The van der Waals surface area contributed by atoms with E-state index < -0.39 is 0 Å². The molecule has 1 aliphatic carbocycles. The van der Waals surface area contributed by atoms with Gasteiger partial charge < -0.3 is 24.5 Å². The minimum Gasteiger partial charge on any atom is -0.375 e. The summed E-state index contributed by atoms with van der Waals surface area (Å²) in [6, 6.07) is 13.7. The number of nitrogens with zero attached hydrogens (tertiary/aromatic N) is 3. The van der Waals surface area contributed by atoms with Crippen LogP contribution in [0.5, 0.6) is 0 Å². The van der Waals surface area contributed by atoms with Crippen molar-refractivity contribution in [2.24, 2.45) is 7.05 Å². The van der Waals surface area contributed by atoms with Crippen molar-refractivity contribution in [3.05, 3.63) is 60.0 Å². The predicted octanol–water partition coefficient (Wildman–Crippen LogP) is 4.20. The molecule has 2 N–H and O–H groups in total. The fourth-order valence-corrected chi connectivity index (χ4v) is 4.92. The molecule has 0 bridgehead atoms. The molecule has 4 aromatic rings. The third-order valence-corrected chi connectivity index (χ3v) is 6.81. The van der Waals surface area contributed by atoms with Gasteiger partial charge in [0.1, 0.15) is 12.4 Å². The van der Waals surface area contributed by atoms with Crippen LogP contribution in [0, 0.1) is 0 Å². The number of methoxy groups -OCH3 is 1. The van der Waals surface area contributed by atoms with Crippen molar-refractivity contribution in [2.75, 3.05) is 19.0 Å². The smallest absolute Gasteiger partial charge is 0.253 e. The van der Waals surface area contributed by atoms with Crippen LogP contribution in [0.15, 0.2) is 48.7 Å². The van der Waals surface area contributed by atoms with Gasteiger partial charge >= 0.3 is 0 Å². The van der Waals surface area contributed by atoms with Crippen LogP contribution in [-0.4, -0.2) is 45.7 Å². The van der Waals surface area contributed by atoms with Gasteiger partial charge in [-0.3, -0.25) is 9.59 Å². The molecule has 5 rings (SSSR count). The lowest BCUT2D eigenvalue weighted by Crippen LogP contribution is -2.35. The number of rotatable bonds is 8. The Bertz CT molecular complexity index is 1400. The molecule has 1 atom stereocenters. The number of hydrogen-bond donors (Lipinski definition) is 2. The summed E-state index contributed by atoms with van der Waals surface area (Å²) in [7, 11) is 3.44. The lowest BCUT2D eigenvalue weighted by atomic mass is 9.85. The fraction of sp³-hybridized carbons (Fsp3) is 0.370. The first-order chi connectivity index (χ1) is 16.9. The number of imidazole rings is 1. The normalized spacial score (nSPS) is 14.7. The minimum absolute atomic E-state index is 0.0586. The molecule has 0 spiro atoms. The van der Waals surface area contributed by atoms with Crippen LogP contribution in [0.1, 0.15) is 48.3 Å². The van der Waals surface area contributed by atoms with E-state index in [1.807, 2.05) is 42.9 Å². The molecule has 1 fully saturated rings. The number of hydrogen-bond acceptors (Lipinski definition) is 4. The van der Waals surface area contributed by atoms with E-state index in [2.05, 4.69) is 33.4 Å². The number of aryl methyl sites for hydroxylation is 1. The van der Waals surface area contributed by atoms with E-state index in [4.69, 9.17) is 9.72 Å². The zero-order valence-electron chi connectivity index (χ0n) is 20.4. The number of aromatic nitrogens is 3. The van der Waals surface area contributed by atoms with Gasteiger partial charge in [-0.2, -0.15) is 0 Å². The topological polar surface area (TPSA) is 90.2 Å². The standard InChI is InChI=1S/C27H31N5O3/c1-17(15-32-12-11-18-7-4-5-10-23(18)32)28-27(34)21-13-20(29-24(33)16-35-3)14-22-25(21)31(2)26(30-22)19-8-6-9-19/h4-5,7,10-14,17,19H,6,8-9,15-16H2,1-3H3,(H,28,34)(H,29,33)/t17-/m0/s1. The minimum atomic E-state index is -0.277. The van der Waals surface area contributed by atoms with Crippen LogP contribution in [0.3, 0.4) is 0 Å². The van der Waals surface area contributed by atoms with Crippen molar-refractivity contribution in [3.63, 3.8) is 0 Å². The second-order valence-electron chi connectivity index (χ2n) is 9.43. The number of carbonyl (C=O) groups excluding carboxylic acids is 2. The van der Waals surface area contributed by atoms with E-state index in [9.17, 15) is 9.59 Å². The van der Waals surface area contributed by atoms with Gasteiger partial charge in [-0.05, 0) is 49.4 Å². The summed E-state index contributed by atoms with van der Waals surface area (Å²) in [6.07, 6.45) is 5.46. The van der Waals surface area contributed by atoms with E-state index >= 15 is 0 Å². The van der Waals surface area contributed by atoms with Gasteiger partial charge in [0.05, 0.1) is 16.6 Å². The van der Waals surface area contributed by atoms with Crippen LogP contribution in [0.25, 0.3) is 21.9 Å². The summed E-state index contributed by atoms with van der Waals surface area (Å²) < 4.78 is 9.13. The number of nitrogens with one attached hydrogen (secondary N) is 2. The van der Waals surface area contributed by atoms with E-state index in [0.29, 0.717) is 29.2 Å². The van der Waals surface area contributed by atoms with Gasteiger partial charge in [0, 0.05) is 50.1 Å². The lowest BCUT2D eigenvalue weighted by molar-refractivity contribution is -0.119. The number of para-hydroxylation sites is 1. The van der Waals surface area contributed by atoms with Crippen LogP contribution >= 0.6 is 0 Å². The van der Waals surface area contributed by atoms with E-state index in [0.717, 1.165) is 29.7 Å². The summed E-state index contributed by atoms with van der Waals surface area (Å²) >= 11 is 0. The summed E-state index contributed by atoms with van der Waals surface area (Å²) in [5.41, 5.74) is 3.66. The number of ether oxygens (including phenoxy) is 1. The Hall–Kier alpha value is -3.65. The fourth-order valence-electron chi connectivity index (χ4n) is 4.92. The molecule has 2 heterocycles. The highest BCUT2D eigenvalue weighted by atomic mass is 16.5. The Morgan fingerprint density at radius 3 is 2.74 bits per heavy atom. The maximum absolute atomic E-state index is 13.5. The molecule has 8 nitrogen and oxygen atoms in total. The number of fused-ring (bicyclic) bond motifs is 2. The second kappa shape index (κ2) is 9.54. The van der Waals surface area contributed by atoms with Crippen LogP contribution in [0.4, 0.5) is 5.69 Å². The van der Waals surface area contributed by atoms with Crippen LogP contribution in [0.2, 0.25) is 0 Å². The highest BCUT2D eigenvalue weighted by Crippen LogP contribution is 2.38. The average Bonchev–Trinajstić information content (AvgIpc) is 3.33. The molecule has 2 amide bonds. The first-order valence-electron chi connectivity index (χ1n) is 12.1. The molecule has 2 aromatic carbocycles. The Morgan fingerprint density at radius 1 is 1.20 bits per heavy atom. The molecule has 2 aromatic heterocycles. The SMILES string of the molecule is COCC(=O)Nc1cc(C(=O)N[C@@H](C)Cn2ccc3ccccc32)c2c(c1)nc(C1CCC1)n2C. The van der Waals surface area contributed by atoms with Crippen molar-refractivity contribution < 1.29 is 14.3 Å². The maximum atomic E-state index is 13.5. The summed E-state index contributed by atoms with van der Waals surface area (Å²) in [4.78, 5) is 30.6. The van der Waals surface area contributed by atoms with E-state index in [1.165, 1.54) is 18.9 Å². The number of anilines is 1. The second-order valence-corrected chi connectivity index (χ2v) is 9.43. The first kappa shape index (κ1) is 23.1. The molecule has 1 aliphatic rings. The van der Waals surface area contributed by atoms with Crippen molar-refractivity contribution in [2.45, 2.75) is 44.7 Å². The molecule has 0 unspecified atom stereocenters. The first-order valence-corrected chi connectivity index (χ1v) is 12.1. The third-order valence-electron chi connectivity index (χ3n) is 6.81. The Labute approximate surface area is 204 Å². The van der Waals surface area contributed by atoms with Gasteiger partial charge in [0.25, 0.3) is 5.91 Å². The highest BCUT2D eigenvalue weighted by molar-refractivity contribution is 6.08. The Balaban J connectivity index is 1.44. The third kappa shape index (κ3) is 4.53. The molecule has 35 heavy (non-hydrogen) atoms. The van der Waals surface area contributed by atoms with Gasteiger partial charge in [0.15, 0.2) is 0 Å². The van der Waals surface area contributed by atoms with Gasteiger partial charge in [-0.25, -0.2) is 4.98 Å². The number of amides is 2. The molecule has 0 saturated heterocycles. The molecule has 0 aliphatic heterocycles. The van der Waals surface area contributed by atoms with Gasteiger partial charge in [-0.1, -0.05) is 24.6 Å². The zero-order chi connectivity index (χ0) is 24.5. The number of carbonyl (C=O) groups is 2. The largest absolute Gasteiger partial charge is 0.375 e. The molecular formula is C27H31N5O3. The zero-order valence-corrected chi connectivity index (χ0v) is 20.4. The monoisotopic (exact) mass is 473 g/mol. The average molecular weight is 474 g/mol. The Morgan fingerprint density at radius 2 is 2.00 bits per heavy atom. The summed E-state index contributed by atoms with van der Waals surface area (Å²) in [6.45, 7) is 2.58. The van der Waals surface area contributed by atoms with Crippen molar-refractivity contribution in [1.29, 1.82) is 0 Å². The van der Waals surface area contributed by atoms with Crippen LogP contribution in [-0.2, 0) is 23.1 Å². The van der Waals surface area contributed by atoms with Crippen LogP contribution < -0.4 is 10.6 Å². The predicted molar refractivity (Wildman–Crippen MR) is 137 cm³/mol. The lowest BCUT2D eigenvalue weighted by Gasteiger charge is -2.24. The Kier molecular flexibility index (Phi) is 6.30. The van der Waals surface area contributed by atoms with Crippen molar-refractivity contribution in [3.8, 4) is 0 Å². The van der Waals surface area contributed by atoms with Gasteiger partial charge in [0.2, 0.25) is 5.91 Å². The van der Waals surface area contributed by atoms with Gasteiger partial charge in [-0.15, -0.1) is 0 Å². The molecule has 182 valence electrons. The van der Waals surface area contributed by atoms with Crippen molar-refractivity contribution in [1.82, 2.24) is 19.4 Å². The van der Waals surface area contributed by atoms with E-state index in [1.54, 1.807) is 6.07 Å². The molecule has 8 heteroatoms. The quantitative estimate of drug-likeness (QED) is 0.401. The molecular weight excluding hydrogens is 442 g/mol. The molecule has 1 saturated carbocycles. The highest BCUT2D eigenvalue weighted by Gasteiger charge is 2.27. The van der Waals surface area contributed by atoms with Crippen molar-refractivity contribution >= 4 is 39.4 Å². The number of benzene rings is 2. The molecule has 0 radical (unpaired) electrons. The van der Waals surface area contributed by atoms with E-state index in [-0.39, 0.29) is 24.5 Å². The summed E-state index contributed by atoms with van der Waals surface area (Å²) in [5, 5.41) is 7.15. The summed E-state index contributed by atoms with van der Waals surface area (Å²) in [5.74, 6) is 0.939. The maximum Gasteiger partial charge on any atom is 0.253 e.